The van der Waals surface area contributed by atoms with E-state index in [-0.39, 0.29) is 6.04 Å². The van der Waals surface area contributed by atoms with E-state index in [2.05, 4.69) is 155 Å². The number of benzene rings is 6. The van der Waals surface area contributed by atoms with Crippen molar-refractivity contribution in [1.29, 1.82) is 0 Å². The van der Waals surface area contributed by atoms with E-state index in [1.165, 1.54) is 49.9 Å². The average molecular weight is 577 g/mol. The molecule has 0 amide bonds. The van der Waals surface area contributed by atoms with E-state index in [1.54, 1.807) is 0 Å². The molecule has 3 heterocycles. The normalized spacial score (nSPS) is 17.1. The SMILES string of the molecule is C1=CC2c3ccccc3N(c3cc(-c4ccc5oc6ccccc6c5c4)cc(-n4c5ccccc5c5ccccc54)c3)C2C=C1. The first-order valence-electron chi connectivity index (χ1n) is 15.6. The largest absolute Gasteiger partial charge is 0.456 e. The summed E-state index contributed by atoms with van der Waals surface area (Å²) in [5.74, 6) is 0.320. The summed E-state index contributed by atoms with van der Waals surface area (Å²) in [6.07, 6.45) is 9.07. The Morgan fingerprint density at radius 2 is 1.16 bits per heavy atom. The molecule has 0 fully saturated rings. The fourth-order valence-electron chi connectivity index (χ4n) is 7.73. The predicted octanol–water partition coefficient (Wildman–Crippen LogP) is 11.1. The summed E-state index contributed by atoms with van der Waals surface area (Å²) in [7, 11) is 0. The second-order valence-electron chi connectivity index (χ2n) is 12.1. The lowest BCUT2D eigenvalue weighted by Gasteiger charge is -2.30. The topological polar surface area (TPSA) is 21.3 Å². The zero-order valence-corrected chi connectivity index (χ0v) is 24.5. The van der Waals surface area contributed by atoms with Gasteiger partial charge in [0.25, 0.3) is 0 Å². The minimum atomic E-state index is 0.217. The molecule has 10 rings (SSSR count). The van der Waals surface area contributed by atoms with Gasteiger partial charge in [-0.05, 0) is 71.3 Å². The zero-order valence-electron chi connectivity index (χ0n) is 24.5. The third-order valence-electron chi connectivity index (χ3n) is 9.69. The van der Waals surface area contributed by atoms with Crippen molar-refractivity contribution in [1.82, 2.24) is 4.57 Å². The summed E-state index contributed by atoms with van der Waals surface area (Å²) < 4.78 is 8.63. The molecule has 8 aromatic rings. The van der Waals surface area contributed by atoms with Crippen LogP contribution < -0.4 is 4.90 Å². The molecule has 2 unspecified atom stereocenters. The van der Waals surface area contributed by atoms with Crippen LogP contribution >= 0.6 is 0 Å². The number of fused-ring (bicyclic) bond motifs is 9. The maximum absolute atomic E-state index is 6.20. The molecule has 0 bridgehead atoms. The second-order valence-corrected chi connectivity index (χ2v) is 12.1. The molecule has 1 aliphatic heterocycles. The molecule has 0 spiro atoms. The Kier molecular flexibility index (Phi) is 5.11. The van der Waals surface area contributed by atoms with Crippen LogP contribution in [0.25, 0.3) is 60.6 Å². The van der Waals surface area contributed by atoms with E-state index < -0.39 is 0 Å². The van der Waals surface area contributed by atoms with Crippen LogP contribution in [-0.2, 0) is 0 Å². The standard InChI is InChI=1S/C42H28N2O/c1-6-16-37-31(11-1)32-12-2-7-17-38(32)43(37)29-23-28(27-21-22-42-36(25-27)35-15-5-10-20-41(35)45-42)24-30(26-29)44-39-18-8-3-13-33(39)34-14-4-9-19-40(34)44/h1-26,31,37H. The molecule has 0 N–H and O–H groups in total. The maximum Gasteiger partial charge on any atom is 0.135 e. The van der Waals surface area contributed by atoms with Gasteiger partial charge in [-0.2, -0.15) is 0 Å². The van der Waals surface area contributed by atoms with Crippen molar-refractivity contribution in [2.24, 2.45) is 0 Å². The quantitative estimate of drug-likeness (QED) is 0.209. The molecule has 3 nitrogen and oxygen atoms in total. The number of rotatable bonds is 3. The lowest BCUT2D eigenvalue weighted by atomic mass is 9.91. The molecule has 0 radical (unpaired) electrons. The number of anilines is 2. The van der Waals surface area contributed by atoms with Crippen LogP contribution in [0, 0.1) is 0 Å². The first-order chi connectivity index (χ1) is 22.3. The van der Waals surface area contributed by atoms with Gasteiger partial charge in [0.05, 0.1) is 17.1 Å². The van der Waals surface area contributed by atoms with Gasteiger partial charge in [-0.25, -0.2) is 0 Å². The third-order valence-corrected chi connectivity index (χ3v) is 9.69. The highest BCUT2D eigenvalue weighted by Crippen LogP contribution is 2.49. The Balaban J connectivity index is 1.26. The molecular formula is C42H28N2O. The van der Waals surface area contributed by atoms with E-state index in [1.807, 2.05) is 12.1 Å². The number of allylic oxidation sites excluding steroid dienone is 2. The van der Waals surface area contributed by atoms with Crippen LogP contribution in [0.2, 0.25) is 0 Å². The van der Waals surface area contributed by atoms with Crippen molar-refractivity contribution in [3.05, 3.63) is 163 Å². The van der Waals surface area contributed by atoms with E-state index in [4.69, 9.17) is 4.42 Å². The molecule has 0 saturated carbocycles. The van der Waals surface area contributed by atoms with E-state index in [0.717, 1.165) is 27.6 Å². The molecule has 3 heteroatoms. The number of hydrogen-bond acceptors (Lipinski definition) is 2. The van der Waals surface area contributed by atoms with E-state index in [0.29, 0.717) is 5.92 Å². The van der Waals surface area contributed by atoms with Gasteiger partial charge >= 0.3 is 0 Å². The van der Waals surface area contributed by atoms with Crippen LogP contribution in [0.5, 0.6) is 0 Å². The third kappa shape index (κ3) is 3.58. The summed E-state index contributed by atoms with van der Waals surface area (Å²) >= 11 is 0. The van der Waals surface area contributed by atoms with Crippen molar-refractivity contribution < 1.29 is 4.42 Å². The summed E-state index contributed by atoms with van der Waals surface area (Å²) in [6, 6.07) is 48.6. The average Bonchev–Trinajstić information content (AvgIpc) is 3.75. The molecule has 45 heavy (non-hydrogen) atoms. The van der Waals surface area contributed by atoms with Gasteiger partial charge in [0, 0.05) is 44.5 Å². The number of nitrogens with zero attached hydrogens (tertiary/aromatic N) is 2. The number of para-hydroxylation sites is 4. The van der Waals surface area contributed by atoms with Crippen molar-refractivity contribution in [2.45, 2.75) is 12.0 Å². The fraction of sp³-hybridized carbons (Fsp3) is 0.0476. The first kappa shape index (κ1) is 24.6. The minimum Gasteiger partial charge on any atom is -0.456 e. The zero-order chi connectivity index (χ0) is 29.5. The van der Waals surface area contributed by atoms with Gasteiger partial charge in [0.1, 0.15) is 11.2 Å². The summed E-state index contributed by atoms with van der Waals surface area (Å²) in [6.45, 7) is 0. The van der Waals surface area contributed by atoms with Gasteiger partial charge in [0.2, 0.25) is 0 Å². The highest BCUT2D eigenvalue weighted by molar-refractivity contribution is 6.10. The Morgan fingerprint density at radius 1 is 0.489 bits per heavy atom. The lowest BCUT2D eigenvalue weighted by molar-refractivity contribution is 0.669. The van der Waals surface area contributed by atoms with E-state index in [9.17, 15) is 0 Å². The predicted molar refractivity (Wildman–Crippen MR) is 187 cm³/mol. The smallest absolute Gasteiger partial charge is 0.135 e. The number of hydrogen-bond donors (Lipinski definition) is 0. The highest BCUT2D eigenvalue weighted by Gasteiger charge is 2.37. The van der Waals surface area contributed by atoms with Gasteiger partial charge in [0.15, 0.2) is 0 Å². The second kappa shape index (κ2) is 9.35. The number of aromatic nitrogens is 1. The lowest BCUT2D eigenvalue weighted by Crippen LogP contribution is -2.28. The van der Waals surface area contributed by atoms with Crippen molar-refractivity contribution in [3.8, 4) is 16.8 Å². The highest BCUT2D eigenvalue weighted by atomic mass is 16.3. The van der Waals surface area contributed by atoms with Crippen molar-refractivity contribution >= 4 is 55.1 Å². The molecule has 2 aromatic heterocycles. The van der Waals surface area contributed by atoms with Crippen molar-refractivity contribution in [3.63, 3.8) is 0 Å². The minimum absolute atomic E-state index is 0.217. The molecule has 1 aliphatic carbocycles. The molecule has 6 aromatic carbocycles. The van der Waals surface area contributed by atoms with Gasteiger partial charge < -0.3 is 13.9 Å². The molecular weight excluding hydrogens is 548 g/mol. The van der Waals surface area contributed by atoms with E-state index >= 15 is 0 Å². The molecule has 212 valence electrons. The van der Waals surface area contributed by atoms with Crippen molar-refractivity contribution in [2.75, 3.05) is 4.90 Å². The molecule has 0 saturated heterocycles. The summed E-state index contributed by atoms with van der Waals surface area (Å²) in [5, 5.41) is 4.80. The first-order valence-corrected chi connectivity index (χ1v) is 15.6. The number of furan rings is 1. The van der Waals surface area contributed by atoms with Crippen LogP contribution in [0.15, 0.2) is 162 Å². The Labute approximate surface area is 260 Å². The fourth-order valence-corrected chi connectivity index (χ4v) is 7.73. The van der Waals surface area contributed by atoms with Gasteiger partial charge in [-0.1, -0.05) is 103 Å². The molecule has 2 atom stereocenters. The van der Waals surface area contributed by atoms with Crippen LogP contribution in [0.4, 0.5) is 11.4 Å². The monoisotopic (exact) mass is 576 g/mol. The Hall–Kier alpha value is -5.80. The van der Waals surface area contributed by atoms with Gasteiger partial charge in [-0.15, -0.1) is 0 Å². The van der Waals surface area contributed by atoms with Crippen LogP contribution in [0.3, 0.4) is 0 Å². The summed E-state index contributed by atoms with van der Waals surface area (Å²) in [4.78, 5) is 2.53. The summed E-state index contributed by atoms with van der Waals surface area (Å²) in [5.41, 5.74) is 11.6. The molecule has 2 aliphatic rings. The van der Waals surface area contributed by atoms with Crippen LogP contribution in [-0.4, -0.2) is 10.6 Å². The Bertz CT molecular complexity index is 2470. The van der Waals surface area contributed by atoms with Gasteiger partial charge in [-0.3, -0.25) is 0 Å². The maximum atomic E-state index is 6.20. The van der Waals surface area contributed by atoms with Crippen LogP contribution in [0.1, 0.15) is 11.5 Å². The Morgan fingerprint density at radius 3 is 2.00 bits per heavy atom.